The average Bonchev–Trinajstić information content (AvgIpc) is 2.67. The maximum atomic E-state index is 11.4. The number of aliphatic hydroxyl groups is 6. The summed E-state index contributed by atoms with van der Waals surface area (Å²) >= 11 is 0. The fourth-order valence-electron chi connectivity index (χ4n) is 2.69. The Bertz CT molecular complexity index is 717. The van der Waals surface area contributed by atoms with Gasteiger partial charge in [0.2, 0.25) is 5.91 Å². The molecule has 0 radical (unpaired) electrons. The molecule has 17 heteroatoms. The van der Waals surface area contributed by atoms with E-state index in [1.165, 1.54) is 0 Å². The highest BCUT2D eigenvalue weighted by Gasteiger charge is 2.49. The summed E-state index contributed by atoms with van der Waals surface area (Å²) in [6.45, 7) is -1.13. The number of carboxylic acids is 1. The summed E-state index contributed by atoms with van der Waals surface area (Å²) in [5.41, 5.74) is 0. The zero-order valence-electron chi connectivity index (χ0n) is 16.0. The summed E-state index contributed by atoms with van der Waals surface area (Å²) in [7, 11) is -4.99. The molecule has 0 aromatic rings. The SMILES string of the molecule is CC(=O)N[C@H]1[C@@H](O[C@@H]([C@H](O)[C@@H](O)CO)[C@@H](O)C(=O)O)O[C@H](COS(=O)(=O)O)[C@@H](O)[C@@H]1O. The van der Waals surface area contributed by atoms with Crippen LogP contribution < -0.4 is 5.32 Å². The van der Waals surface area contributed by atoms with E-state index in [2.05, 4.69) is 9.50 Å². The number of carboxylic acid groups (broad SMARTS) is 1. The van der Waals surface area contributed by atoms with Gasteiger partial charge in [0.15, 0.2) is 12.4 Å². The van der Waals surface area contributed by atoms with E-state index in [9.17, 15) is 43.5 Å². The van der Waals surface area contributed by atoms with Gasteiger partial charge < -0.3 is 50.5 Å². The largest absolute Gasteiger partial charge is 0.479 e. The fourth-order valence-corrected chi connectivity index (χ4v) is 3.00. The third-order valence-electron chi connectivity index (χ3n) is 4.23. The third-order valence-corrected chi connectivity index (χ3v) is 4.66. The van der Waals surface area contributed by atoms with Crippen molar-refractivity contribution in [3.05, 3.63) is 0 Å². The van der Waals surface area contributed by atoms with Crippen molar-refractivity contribution in [3.63, 3.8) is 0 Å². The maximum absolute atomic E-state index is 11.4. The van der Waals surface area contributed by atoms with Gasteiger partial charge in [0.1, 0.15) is 42.7 Å². The van der Waals surface area contributed by atoms with Crippen LogP contribution in [0.1, 0.15) is 6.92 Å². The van der Waals surface area contributed by atoms with E-state index in [1.54, 1.807) is 0 Å². The van der Waals surface area contributed by atoms with Crippen LogP contribution in [0.2, 0.25) is 0 Å². The van der Waals surface area contributed by atoms with Gasteiger partial charge in [0.25, 0.3) is 0 Å². The van der Waals surface area contributed by atoms with Gasteiger partial charge in [-0.3, -0.25) is 9.35 Å². The molecule has 1 aliphatic rings. The summed E-state index contributed by atoms with van der Waals surface area (Å²) in [5, 5.41) is 70.0. The first-order valence-corrected chi connectivity index (χ1v) is 10.00. The predicted octanol–water partition coefficient (Wildman–Crippen LogP) is -5.70. The predicted molar refractivity (Wildman–Crippen MR) is 93.4 cm³/mol. The average molecular weight is 479 g/mol. The zero-order chi connectivity index (χ0) is 24.1. The van der Waals surface area contributed by atoms with Crippen LogP contribution in [0.4, 0.5) is 0 Å². The highest BCUT2D eigenvalue weighted by molar-refractivity contribution is 7.80. The van der Waals surface area contributed by atoms with Gasteiger partial charge >= 0.3 is 16.4 Å². The molecule has 16 nitrogen and oxygen atoms in total. The second-order valence-electron chi connectivity index (χ2n) is 6.59. The molecule has 1 amide bonds. The van der Waals surface area contributed by atoms with Gasteiger partial charge in [0, 0.05) is 6.92 Å². The first kappa shape index (κ1) is 27.5. The summed E-state index contributed by atoms with van der Waals surface area (Å²) in [5.74, 6) is -2.71. The Morgan fingerprint density at radius 1 is 1.16 bits per heavy atom. The van der Waals surface area contributed by atoms with E-state index in [0.29, 0.717) is 0 Å². The highest BCUT2D eigenvalue weighted by atomic mass is 32.3. The minimum atomic E-state index is -4.99. The molecule has 1 aliphatic heterocycles. The molecule has 0 aliphatic carbocycles. The molecule has 9 N–H and O–H groups in total. The molecule has 1 fully saturated rings. The molecule has 9 atom stereocenters. The van der Waals surface area contributed by atoms with E-state index >= 15 is 0 Å². The minimum Gasteiger partial charge on any atom is -0.479 e. The Hall–Kier alpha value is -1.51. The number of hydrogen-bond donors (Lipinski definition) is 9. The third kappa shape index (κ3) is 7.84. The van der Waals surface area contributed by atoms with Crippen molar-refractivity contribution in [2.75, 3.05) is 13.2 Å². The number of carbonyl (C=O) groups excluding carboxylic acids is 1. The highest BCUT2D eigenvalue weighted by Crippen LogP contribution is 2.26. The zero-order valence-corrected chi connectivity index (χ0v) is 16.8. The molecule has 0 spiro atoms. The molecule has 0 unspecified atom stereocenters. The van der Waals surface area contributed by atoms with E-state index in [-0.39, 0.29) is 0 Å². The minimum absolute atomic E-state index is 0.785. The lowest BCUT2D eigenvalue weighted by atomic mass is 9.96. The summed E-state index contributed by atoms with van der Waals surface area (Å²) < 4.78 is 44.6. The molecule has 1 rings (SSSR count). The van der Waals surface area contributed by atoms with E-state index in [0.717, 1.165) is 6.92 Å². The molecule has 0 aromatic carbocycles. The van der Waals surface area contributed by atoms with Crippen LogP contribution in [0.25, 0.3) is 0 Å². The lowest BCUT2D eigenvalue weighted by Crippen LogP contribution is -2.66. The standard InChI is InChI=1S/C14H25NO15S/c1-4(17)15-7-10(21)9(20)6(3-28-31(25,26)27)29-14(7)30-12(11(22)13(23)24)8(19)5(18)2-16/h5-12,14,16,18-22H,2-3H2,1H3,(H,15,17)(H,23,24)(H,25,26,27)/t5-,6+,7+,8+,9+,10+,11+,12-,14+/m0/s1. The van der Waals surface area contributed by atoms with Gasteiger partial charge in [-0.15, -0.1) is 0 Å². The van der Waals surface area contributed by atoms with Gasteiger partial charge in [-0.25, -0.2) is 8.98 Å². The molecular formula is C14H25NO15S. The van der Waals surface area contributed by atoms with Crippen molar-refractivity contribution in [3.8, 4) is 0 Å². The lowest BCUT2D eigenvalue weighted by molar-refractivity contribution is -0.299. The molecule has 1 saturated heterocycles. The van der Waals surface area contributed by atoms with Crippen molar-refractivity contribution >= 4 is 22.3 Å². The second kappa shape index (κ2) is 11.4. The van der Waals surface area contributed by atoms with Crippen LogP contribution in [0.15, 0.2) is 0 Å². The number of rotatable bonds is 11. The Morgan fingerprint density at radius 2 is 1.74 bits per heavy atom. The van der Waals surface area contributed by atoms with Crippen LogP contribution in [0.3, 0.4) is 0 Å². The maximum Gasteiger partial charge on any atom is 0.397 e. The molecule has 0 aromatic heterocycles. The topological polar surface area (TPSA) is 270 Å². The quantitative estimate of drug-likeness (QED) is 0.125. The van der Waals surface area contributed by atoms with Gasteiger partial charge in [-0.1, -0.05) is 0 Å². The number of hydrogen-bond acceptors (Lipinski definition) is 13. The smallest absolute Gasteiger partial charge is 0.397 e. The van der Waals surface area contributed by atoms with Crippen LogP contribution >= 0.6 is 0 Å². The Balaban J connectivity index is 3.23. The number of amides is 1. The molecule has 31 heavy (non-hydrogen) atoms. The van der Waals surface area contributed by atoms with Gasteiger partial charge in [-0.2, -0.15) is 8.42 Å². The van der Waals surface area contributed by atoms with E-state index in [4.69, 9.17) is 24.2 Å². The fraction of sp³-hybridized carbons (Fsp3) is 0.857. The number of carbonyl (C=O) groups is 2. The van der Waals surface area contributed by atoms with E-state index < -0.39 is 90.5 Å². The first-order chi connectivity index (χ1) is 14.2. The number of nitrogens with one attached hydrogen (secondary N) is 1. The van der Waals surface area contributed by atoms with Crippen molar-refractivity contribution < 1.29 is 72.0 Å². The van der Waals surface area contributed by atoms with Gasteiger partial charge in [-0.05, 0) is 0 Å². The monoisotopic (exact) mass is 479 g/mol. The van der Waals surface area contributed by atoms with Crippen molar-refractivity contribution in [2.24, 2.45) is 0 Å². The van der Waals surface area contributed by atoms with Crippen LogP contribution in [0, 0.1) is 0 Å². The van der Waals surface area contributed by atoms with Crippen LogP contribution in [-0.4, -0.2) is 129 Å². The van der Waals surface area contributed by atoms with Crippen LogP contribution in [0.5, 0.6) is 0 Å². The molecule has 182 valence electrons. The van der Waals surface area contributed by atoms with Gasteiger partial charge in [0.05, 0.1) is 13.2 Å². The number of ether oxygens (including phenoxy) is 2. The summed E-state index contributed by atoms with van der Waals surface area (Å²) in [4.78, 5) is 22.6. The molecular weight excluding hydrogens is 454 g/mol. The van der Waals surface area contributed by atoms with E-state index in [1.807, 2.05) is 0 Å². The number of aliphatic hydroxyl groups excluding tert-OH is 6. The summed E-state index contributed by atoms with van der Waals surface area (Å²) in [6.07, 6.45) is -16.4. The summed E-state index contributed by atoms with van der Waals surface area (Å²) in [6, 6.07) is -1.64. The van der Waals surface area contributed by atoms with Crippen molar-refractivity contribution in [1.82, 2.24) is 5.32 Å². The van der Waals surface area contributed by atoms with Crippen LogP contribution in [-0.2, 0) is 33.6 Å². The lowest BCUT2D eigenvalue weighted by Gasteiger charge is -2.44. The first-order valence-electron chi connectivity index (χ1n) is 8.63. The Morgan fingerprint density at radius 3 is 2.19 bits per heavy atom. The number of aliphatic carboxylic acids is 1. The van der Waals surface area contributed by atoms with Crippen molar-refractivity contribution in [1.29, 1.82) is 0 Å². The normalized spacial score (nSPS) is 30.8. The Labute approximate surface area is 175 Å². The van der Waals surface area contributed by atoms with Crippen molar-refractivity contribution in [2.45, 2.75) is 62.0 Å². The molecule has 0 bridgehead atoms. The Kier molecular flexibility index (Phi) is 10.1. The molecule has 0 saturated carbocycles. The second-order valence-corrected chi connectivity index (χ2v) is 7.68. The molecule has 1 heterocycles.